The van der Waals surface area contributed by atoms with Crippen molar-refractivity contribution in [2.45, 2.75) is 115 Å². The number of aliphatic hydroxyl groups is 2. The van der Waals surface area contributed by atoms with Gasteiger partial charge in [0.1, 0.15) is 22.6 Å². The summed E-state index contributed by atoms with van der Waals surface area (Å²) < 4.78 is 38.2. The van der Waals surface area contributed by atoms with E-state index in [2.05, 4.69) is 20.8 Å². The number of carbonyl (C=O) groups excluding carboxylic acids is 2. The first-order valence-electron chi connectivity index (χ1n) is 15.6. The van der Waals surface area contributed by atoms with Crippen LogP contribution in [0.5, 0.6) is 0 Å². The smallest absolute Gasteiger partial charge is 0.338 e. The average molecular weight is 599 g/mol. The van der Waals surface area contributed by atoms with Gasteiger partial charge in [0.05, 0.1) is 25.2 Å². The van der Waals surface area contributed by atoms with Crippen molar-refractivity contribution < 1.29 is 47.9 Å². The van der Waals surface area contributed by atoms with Crippen LogP contribution in [0, 0.1) is 34.0 Å². The van der Waals surface area contributed by atoms with Gasteiger partial charge < -0.3 is 38.3 Å². The lowest BCUT2D eigenvalue weighted by molar-refractivity contribution is -0.471. The molecule has 4 bridgehead atoms. The van der Waals surface area contributed by atoms with E-state index in [0.717, 1.165) is 5.56 Å². The zero-order chi connectivity index (χ0) is 30.8. The molecule has 3 saturated heterocycles. The third-order valence-corrected chi connectivity index (χ3v) is 13.3. The second-order valence-electron chi connectivity index (χ2n) is 15.7. The standard InChI is InChI=1S/C33H42O10/c1-17(2)22(35)21-23-26(3,13-18-8-11-39-14-18)9-10-31-28(5)19(12-20(34)38-7)27(4)15-30(37)25(40-24(21)36)33(23,31)43-29(6,41-31)42-32(28,30)16-27/h8,11,14,17,19,23,25,35,37H,9-10,12-13,15-16H2,1-7H3/b22-21-. The van der Waals surface area contributed by atoms with E-state index >= 15 is 0 Å². The first-order valence-corrected chi connectivity index (χ1v) is 15.6. The largest absolute Gasteiger partial charge is 0.511 e. The molecular weight excluding hydrogens is 556 g/mol. The summed E-state index contributed by atoms with van der Waals surface area (Å²) in [6.45, 7) is 11.7. The van der Waals surface area contributed by atoms with Crippen LogP contribution in [0.1, 0.15) is 79.2 Å². The van der Waals surface area contributed by atoms with Gasteiger partial charge in [-0.2, -0.15) is 0 Å². The average Bonchev–Trinajstić information content (AvgIpc) is 3.60. The Bertz CT molecular complexity index is 1480. The Hall–Kier alpha value is -2.40. The SMILES string of the molecule is COC(=O)CC1C2(C)CC3(O)C4OC(=O)/C(=C(\O)C(C)C)C5C(C)(Cc6ccoc6)CCC67OC(C)(OC546)OC3(C2)C17C. The number of ether oxygens (including phenoxy) is 5. The predicted molar refractivity (Wildman–Crippen MR) is 148 cm³/mol. The number of rotatable bonds is 5. The van der Waals surface area contributed by atoms with Crippen LogP contribution in [0.4, 0.5) is 0 Å². The Morgan fingerprint density at radius 1 is 1.09 bits per heavy atom. The molecule has 11 unspecified atom stereocenters. The maximum atomic E-state index is 14.2. The molecule has 2 N–H and O–H groups in total. The molecule has 10 heteroatoms. The molecule has 4 saturated carbocycles. The summed E-state index contributed by atoms with van der Waals surface area (Å²) >= 11 is 0. The molecule has 1 aromatic rings. The van der Waals surface area contributed by atoms with Crippen molar-refractivity contribution in [2.75, 3.05) is 7.11 Å². The third-order valence-electron chi connectivity index (χ3n) is 13.3. The van der Waals surface area contributed by atoms with Crippen LogP contribution in [-0.2, 0) is 39.7 Å². The predicted octanol–water partition coefficient (Wildman–Crippen LogP) is 4.34. The van der Waals surface area contributed by atoms with E-state index in [1.165, 1.54) is 7.11 Å². The molecule has 0 aromatic carbocycles. The van der Waals surface area contributed by atoms with E-state index in [1.54, 1.807) is 19.5 Å². The highest BCUT2D eigenvalue weighted by Crippen LogP contribution is 2.89. The molecule has 3 aliphatic heterocycles. The number of aliphatic hydroxyl groups excluding tert-OH is 1. The van der Waals surface area contributed by atoms with E-state index < -0.39 is 62.6 Å². The molecule has 11 atom stereocenters. The molecular formula is C33H42O10. The molecule has 7 aliphatic rings. The number of allylic oxidation sites excluding steroid dienone is 1. The molecule has 234 valence electrons. The Kier molecular flexibility index (Phi) is 5.02. The van der Waals surface area contributed by atoms with Crippen LogP contribution >= 0.6 is 0 Å². The van der Waals surface area contributed by atoms with Crippen LogP contribution in [0.2, 0.25) is 0 Å². The molecule has 10 nitrogen and oxygen atoms in total. The highest BCUT2D eigenvalue weighted by atomic mass is 16.9. The van der Waals surface area contributed by atoms with Gasteiger partial charge in [-0.05, 0) is 60.5 Å². The van der Waals surface area contributed by atoms with Crippen molar-refractivity contribution in [1.82, 2.24) is 0 Å². The first-order chi connectivity index (χ1) is 20.0. The van der Waals surface area contributed by atoms with Crippen LogP contribution in [0.3, 0.4) is 0 Å². The second kappa shape index (κ2) is 7.69. The monoisotopic (exact) mass is 598 g/mol. The number of esters is 2. The lowest BCUT2D eigenvalue weighted by Crippen LogP contribution is -2.92. The molecule has 43 heavy (non-hydrogen) atoms. The molecule has 4 heterocycles. The Balaban J connectivity index is 1.46. The summed E-state index contributed by atoms with van der Waals surface area (Å²) in [5.74, 6) is -3.96. The second-order valence-corrected chi connectivity index (χ2v) is 15.7. The number of hydrogen-bond acceptors (Lipinski definition) is 10. The Labute approximate surface area is 251 Å². The van der Waals surface area contributed by atoms with Gasteiger partial charge in [-0.15, -0.1) is 0 Å². The van der Waals surface area contributed by atoms with Crippen molar-refractivity contribution in [3.8, 4) is 0 Å². The van der Waals surface area contributed by atoms with E-state index in [9.17, 15) is 19.8 Å². The summed E-state index contributed by atoms with van der Waals surface area (Å²) in [5.41, 5.74) is -6.37. The molecule has 4 aliphatic carbocycles. The highest BCUT2D eigenvalue weighted by molar-refractivity contribution is 5.92. The zero-order valence-electron chi connectivity index (χ0n) is 25.9. The highest BCUT2D eigenvalue weighted by Gasteiger charge is 3.02. The van der Waals surface area contributed by atoms with Gasteiger partial charge >= 0.3 is 11.9 Å². The first kappa shape index (κ1) is 28.1. The van der Waals surface area contributed by atoms with Gasteiger partial charge in [0.15, 0.2) is 11.7 Å². The van der Waals surface area contributed by atoms with Gasteiger partial charge in [0, 0.05) is 30.6 Å². The van der Waals surface area contributed by atoms with Gasteiger partial charge in [-0.3, -0.25) is 4.79 Å². The van der Waals surface area contributed by atoms with E-state index in [1.807, 2.05) is 19.9 Å². The number of hydrogen-bond donors (Lipinski definition) is 2. The minimum absolute atomic E-state index is 0.0561. The Morgan fingerprint density at radius 3 is 2.47 bits per heavy atom. The normalized spacial score (nSPS) is 54.5. The quantitative estimate of drug-likeness (QED) is 0.286. The number of carbonyl (C=O) groups is 2. The van der Waals surface area contributed by atoms with E-state index in [0.29, 0.717) is 25.7 Å². The van der Waals surface area contributed by atoms with Crippen molar-refractivity contribution in [2.24, 2.45) is 34.0 Å². The van der Waals surface area contributed by atoms with Gasteiger partial charge in [-0.25, -0.2) is 4.79 Å². The lowest BCUT2D eigenvalue weighted by Gasteiger charge is -2.77. The summed E-state index contributed by atoms with van der Waals surface area (Å²) in [6.07, 6.45) is 4.72. The van der Waals surface area contributed by atoms with E-state index in [4.69, 9.17) is 28.1 Å². The van der Waals surface area contributed by atoms with E-state index in [-0.39, 0.29) is 42.0 Å². The number of fused-ring (bicyclic) bond motifs is 3. The summed E-state index contributed by atoms with van der Waals surface area (Å²) in [5, 5.41) is 24.8. The number of furan rings is 1. The molecule has 8 rings (SSSR count). The van der Waals surface area contributed by atoms with Crippen molar-refractivity contribution in [3.63, 3.8) is 0 Å². The molecule has 0 radical (unpaired) electrons. The van der Waals surface area contributed by atoms with Gasteiger partial charge in [0.2, 0.25) is 0 Å². The molecule has 7 fully saturated rings. The fourth-order valence-corrected chi connectivity index (χ4v) is 12.3. The lowest BCUT2D eigenvalue weighted by atomic mass is 9.33. The van der Waals surface area contributed by atoms with Gasteiger partial charge in [0.25, 0.3) is 5.97 Å². The summed E-state index contributed by atoms with van der Waals surface area (Å²) in [4.78, 5) is 27.2. The van der Waals surface area contributed by atoms with Crippen molar-refractivity contribution in [3.05, 3.63) is 35.5 Å². The minimum atomic E-state index is -1.63. The van der Waals surface area contributed by atoms with Crippen molar-refractivity contribution in [1.29, 1.82) is 0 Å². The topological polar surface area (TPSA) is 134 Å². The fraction of sp³-hybridized carbons (Fsp3) is 0.758. The fourth-order valence-electron chi connectivity index (χ4n) is 12.3. The van der Waals surface area contributed by atoms with Crippen LogP contribution in [-0.4, -0.2) is 63.7 Å². The zero-order valence-corrected chi connectivity index (χ0v) is 25.9. The Morgan fingerprint density at radius 2 is 1.81 bits per heavy atom. The maximum Gasteiger partial charge on any atom is 0.338 e. The third kappa shape index (κ3) is 2.68. The molecule has 0 amide bonds. The minimum Gasteiger partial charge on any atom is -0.511 e. The van der Waals surface area contributed by atoms with Crippen LogP contribution in [0.25, 0.3) is 0 Å². The molecule has 1 aromatic heterocycles. The summed E-state index contributed by atoms with van der Waals surface area (Å²) in [6, 6.07) is 1.91. The van der Waals surface area contributed by atoms with Gasteiger partial charge in [-0.1, -0.05) is 34.6 Å². The summed E-state index contributed by atoms with van der Waals surface area (Å²) in [7, 11) is 1.39. The van der Waals surface area contributed by atoms with Crippen LogP contribution in [0.15, 0.2) is 34.3 Å². The van der Waals surface area contributed by atoms with Crippen molar-refractivity contribution >= 4 is 11.9 Å². The molecule has 3 spiro atoms. The van der Waals surface area contributed by atoms with Crippen LogP contribution < -0.4 is 0 Å². The number of methoxy groups -OCH3 is 1. The maximum absolute atomic E-state index is 14.2.